The molecule has 1 aromatic heterocycles. The molecule has 1 aromatic rings. The molecule has 2 nitrogen and oxygen atoms in total. The summed E-state index contributed by atoms with van der Waals surface area (Å²) in [6, 6.07) is 0. The number of aromatic nitrogens is 1. The van der Waals surface area contributed by atoms with Crippen LogP contribution in [0.4, 0.5) is 4.39 Å². The molecule has 0 aliphatic rings. The topological polar surface area (TPSA) is 38.9 Å². The van der Waals surface area contributed by atoms with Crippen molar-refractivity contribution in [1.29, 1.82) is 0 Å². The first-order chi connectivity index (χ1) is 6.50. The van der Waals surface area contributed by atoms with Gasteiger partial charge in [-0.3, -0.25) is 0 Å². The smallest absolute Gasteiger partial charge is 0.129 e. The van der Waals surface area contributed by atoms with Crippen molar-refractivity contribution in [2.75, 3.05) is 6.54 Å². The number of nitrogens with two attached hydrogens (primary N) is 1. The fraction of sp³-hybridized carbons (Fsp3) is 0.700. The van der Waals surface area contributed by atoms with Crippen LogP contribution in [0.2, 0.25) is 0 Å². The Bertz CT molecular complexity index is 286. The van der Waals surface area contributed by atoms with Crippen LogP contribution in [0.15, 0.2) is 0 Å². The molecule has 0 aliphatic heterocycles. The Kier molecular flexibility index (Phi) is 3.61. The first-order valence-corrected chi connectivity index (χ1v) is 5.64. The predicted octanol–water partition coefficient (Wildman–Crippen LogP) is 2.38. The third kappa shape index (κ3) is 2.51. The minimum absolute atomic E-state index is 0.0706. The summed E-state index contributed by atoms with van der Waals surface area (Å²) in [5.41, 5.74) is 5.13. The van der Waals surface area contributed by atoms with Gasteiger partial charge in [-0.2, -0.15) is 0 Å². The molecule has 80 valence electrons. The highest BCUT2D eigenvalue weighted by atomic mass is 32.1. The fourth-order valence-corrected chi connectivity index (χ4v) is 2.29. The maximum absolute atomic E-state index is 13.9. The van der Waals surface area contributed by atoms with Crippen LogP contribution >= 0.6 is 11.3 Å². The highest BCUT2D eigenvalue weighted by molar-refractivity contribution is 7.11. The monoisotopic (exact) mass is 216 g/mol. The fourth-order valence-electron chi connectivity index (χ4n) is 1.23. The van der Waals surface area contributed by atoms with Gasteiger partial charge in [-0.05, 0) is 20.3 Å². The van der Waals surface area contributed by atoms with Crippen LogP contribution in [0.25, 0.3) is 0 Å². The number of thiazole rings is 1. The van der Waals surface area contributed by atoms with Crippen molar-refractivity contribution in [2.24, 2.45) is 5.73 Å². The quantitative estimate of drug-likeness (QED) is 0.839. The lowest BCUT2D eigenvalue weighted by Crippen LogP contribution is -2.34. The molecule has 0 aliphatic carbocycles. The molecule has 1 unspecified atom stereocenters. The molecule has 0 amide bonds. The number of aryl methyl sites for hydroxylation is 2. The summed E-state index contributed by atoms with van der Waals surface area (Å²) in [6.07, 6.45) is 0.792. The molecule has 2 N–H and O–H groups in total. The van der Waals surface area contributed by atoms with E-state index in [0.29, 0.717) is 12.8 Å². The van der Waals surface area contributed by atoms with Gasteiger partial charge in [0.15, 0.2) is 0 Å². The summed E-state index contributed by atoms with van der Waals surface area (Å²) >= 11 is 1.57. The van der Waals surface area contributed by atoms with Crippen LogP contribution < -0.4 is 5.73 Å². The highest BCUT2D eigenvalue weighted by Crippen LogP contribution is 2.25. The van der Waals surface area contributed by atoms with Gasteiger partial charge in [-0.25, -0.2) is 9.37 Å². The number of halogens is 1. The molecule has 0 aromatic carbocycles. The minimum atomic E-state index is -1.28. The Morgan fingerprint density at radius 3 is 2.50 bits per heavy atom. The van der Waals surface area contributed by atoms with Gasteiger partial charge in [0.25, 0.3) is 0 Å². The Labute approximate surface area is 88.4 Å². The molecule has 0 saturated heterocycles. The van der Waals surface area contributed by atoms with E-state index >= 15 is 0 Å². The van der Waals surface area contributed by atoms with E-state index in [-0.39, 0.29) is 6.54 Å². The number of hydrogen-bond donors (Lipinski definition) is 1. The lowest BCUT2D eigenvalue weighted by molar-refractivity contribution is 0.167. The first kappa shape index (κ1) is 11.6. The molecule has 1 rings (SSSR count). The molecule has 0 saturated carbocycles. The van der Waals surface area contributed by atoms with Gasteiger partial charge in [-0.1, -0.05) is 6.92 Å². The predicted molar refractivity (Wildman–Crippen MR) is 58.5 cm³/mol. The standard InChI is InChI=1S/C10H17FN2S/c1-4-10(11,6-12)5-9-13-7(2)8(3)14-9/h4-6,12H2,1-3H3. The normalized spacial score (nSPS) is 15.5. The number of nitrogens with zero attached hydrogens (tertiary/aromatic N) is 1. The van der Waals surface area contributed by atoms with Crippen LogP contribution in [0.3, 0.4) is 0 Å². The lowest BCUT2D eigenvalue weighted by atomic mass is 9.99. The Balaban J connectivity index is 2.77. The van der Waals surface area contributed by atoms with Gasteiger partial charge < -0.3 is 5.73 Å². The second-order valence-electron chi connectivity index (χ2n) is 3.63. The Morgan fingerprint density at radius 2 is 2.14 bits per heavy atom. The zero-order valence-corrected chi connectivity index (χ0v) is 9.75. The maximum Gasteiger partial charge on any atom is 0.129 e. The zero-order chi connectivity index (χ0) is 10.8. The minimum Gasteiger partial charge on any atom is -0.328 e. The second kappa shape index (κ2) is 4.36. The van der Waals surface area contributed by atoms with E-state index in [1.54, 1.807) is 11.3 Å². The summed E-state index contributed by atoms with van der Waals surface area (Å²) in [4.78, 5) is 5.48. The Morgan fingerprint density at radius 1 is 1.50 bits per heavy atom. The Hall–Kier alpha value is -0.480. The average Bonchev–Trinajstić information content (AvgIpc) is 2.45. The third-order valence-electron chi connectivity index (χ3n) is 2.54. The molecule has 0 fully saturated rings. The summed E-state index contributed by atoms with van der Waals surface area (Å²) in [7, 11) is 0. The van der Waals surface area contributed by atoms with E-state index < -0.39 is 5.67 Å². The summed E-state index contributed by atoms with van der Waals surface area (Å²) < 4.78 is 13.9. The molecule has 0 radical (unpaired) electrons. The van der Waals surface area contributed by atoms with Crippen LogP contribution in [0.1, 0.15) is 28.9 Å². The highest BCUT2D eigenvalue weighted by Gasteiger charge is 2.27. The van der Waals surface area contributed by atoms with Gasteiger partial charge >= 0.3 is 0 Å². The van der Waals surface area contributed by atoms with E-state index in [1.807, 2.05) is 20.8 Å². The van der Waals surface area contributed by atoms with Crippen molar-refractivity contribution >= 4 is 11.3 Å². The SMILES string of the molecule is CCC(F)(CN)Cc1nc(C)c(C)s1. The van der Waals surface area contributed by atoms with E-state index in [9.17, 15) is 4.39 Å². The largest absolute Gasteiger partial charge is 0.328 e. The summed E-state index contributed by atoms with van der Waals surface area (Å²) in [5, 5.41) is 0.856. The average molecular weight is 216 g/mol. The van der Waals surface area contributed by atoms with Crippen molar-refractivity contribution in [3.05, 3.63) is 15.6 Å². The molecule has 4 heteroatoms. The maximum atomic E-state index is 13.9. The van der Waals surface area contributed by atoms with E-state index in [2.05, 4.69) is 4.98 Å². The van der Waals surface area contributed by atoms with Crippen LogP contribution in [0, 0.1) is 13.8 Å². The van der Waals surface area contributed by atoms with Crippen molar-refractivity contribution in [1.82, 2.24) is 4.98 Å². The van der Waals surface area contributed by atoms with Crippen LogP contribution in [-0.4, -0.2) is 17.2 Å². The number of rotatable bonds is 4. The molecular weight excluding hydrogens is 199 g/mol. The summed E-state index contributed by atoms with van der Waals surface area (Å²) in [5.74, 6) is 0. The molecule has 0 spiro atoms. The van der Waals surface area contributed by atoms with Crippen molar-refractivity contribution in [3.8, 4) is 0 Å². The van der Waals surface area contributed by atoms with Crippen molar-refractivity contribution < 1.29 is 4.39 Å². The van der Waals surface area contributed by atoms with Gasteiger partial charge in [0, 0.05) is 17.8 Å². The van der Waals surface area contributed by atoms with E-state index in [1.165, 1.54) is 0 Å². The molecule has 14 heavy (non-hydrogen) atoms. The van der Waals surface area contributed by atoms with E-state index in [0.717, 1.165) is 15.6 Å². The summed E-state index contributed by atoms with van der Waals surface area (Å²) in [6.45, 7) is 5.84. The van der Waals surface area contributed by atoms with Gasteiger partial charge in [-0.15, -0.1) is 11.3 Å². The second-order valence-corrected chi connectivity index (χ2v) is 4.92. The van der Waals surface area contributed by atoms with Crippen LogP contribution in [-0.2, 0) is 6.42 Å². The lowest BCUT2D eigenvalue weighted by Gasteiger charge is -2.19. The van der Waals surface area contributed by atoms with Crippen molar-refractivity contribution in [2.45, 2.75) is 39.3 Å². The molecule has 1 heterocycles. The van der Waals surface area contributed by atoms with E-state index in [4.69, 9.17) is 5.73 Å². The molecule has 0 bridgehead atoms. The number of hydrogen-bond acceptors (Lipinski definition) is 3. The zero-order valence-electron chi connectivity index (χ0n) is 8.93. The first-order valence-electron chi connectivity index (χ1n) is 4.82. The van der Waals surface area contributed by atoms with Gasteiger partial charge in [0.1, 0.15) is 5.67 Å². The van der Waals surface area contributed by atoms with Crippen LogP contribution in [0.5, 0.6) is 0 Å². The van der Waals surface area contributed by atoms with Gasteiger partial charge in [0.05, 0.1) is 10.7 Å². The third-order valence-corrected chi connectivity index (χ3v) is 3.61. The number of alkyl halides is 1. The molecule has 1 atom stereocenters. The molecular formula is C10H17FN2S. The van der Waals surface area contributed by atoms with Crippen molar-refractivity contribution in [3.63, 3.8) is 0 Å². The van der Waals surface area contributed by atoms with Gasteiger partial charge in [0.2, 0.25) is 0 Å².